The maximum atomic E-state index is 11.5. The van der Waals surface area contributed by atoms with Gasteiger partial charge in [0.25, 0.3) is 5.69 Å². The van der Waals surface area contributed by atoms with Gasteiger partial charge in [0.05, 0.1) is 27.5 Å². The van der Waals surface area contributed by atoms with Crippen LogP contribution in [0.3, 0.4) is 0 Å². The summed E-state index contributed by atoms with van der Waals surface area (Å²) in [4.78, 5) is 22.2. The topological polar surface area (TPSA) is 93.2 Å². The average Bonchev–Trinajstić information content (AvgIpc) is 2.50. The molecule has 0 aliphatic rings. The number of esters is 1. The van der Waals surface area contributed by atoms with E-state index in [0.717, 1.165) is 0 Å². The molecule has 0 heterocycles. The number of nitro groups is 1. The third-order valence-electron chi connectivity index (χ3n) is 3.14. The fourth-order valence-electron chi connectivity index (χ4n) is 2.23. The summed E-state index contributed by atoms with van der Waals surface area (Å²) in [7, 11) is 0. The van der Waals surface area contributed by atoms with E-state index in [1.807, 2.05) is 0 Å². The minimum atomic E-state index is -1.17. The van der Waals surface area contributed by atoms with E-state index in [1.54, 1.807) is 36.4 Å². The van der Waals surface area contributed by atoms with Crippen molar-refractivity contribution in [2.75, 3.05) is 0 Å². The lowest BCUT2D eigenvalue weighted by Gasteiger charge is -2.16. The van der Waals surface area contributed by atoms with E-state index in [4.69, 9.17) is 10.00 Å². The third kappa shape index (κ3) is 2.79. The number of carbonyl (C=O) groups excluding carboxylic acids is 1. The van der Waals surface area contributed by atoms with E-state index >= 15 is 0 Å². The summed E-state index contributed by atoms with van der Waals surface area (Å²) in [5.41, 5.74) is -0.139. The predicted octanol–water partition coefficient (Wildman–Crippen LogP) is 3.43. The van der Waals surface area contributed by atoms with Gasteiger partial charge in [-0.1, -0.05) is 30.8 Å². The summed E-state index contributed by atoms with van der Waals surface area (Å²) in [6, 6.07) is 11.7. The molecule has 0 bridgehead atoms. The molecular weight excluding hydrogens is 284 g/mol. The summed E-state index contributed by atoms with van der Waals surface area (Å²) in [5, 5.41) is 21.6. The van der Waals surface area contributed by atoms with Crippen molar-refractivity contribution in [3.63, 3.8) is 0 Å². The molecule has 0 aliphatic heterocycles. The van der Waals surface area contributed by atoms with Gasteiger partial charge in [-0.25, -0.2) is 0 Å². The first kappa shape index (κ1) is 15.2. The number of ether oxygens (including phenoxy) is 1. The zero-order valence-corrected chi connectivity index (χ0v) is 11.8. The molecule has 22 heavy (non-hydrogen) atoms. The van der Waals surface area contributed by atoms with Crippen molar-refractivity contribution in [1.82, 2.24) is 0 Å². The van der Waals surface area contributed by atoms with Gasteiger partial charge in [0.15, 0.2) is 6.10 Å². The van der Waals surface area contributed by atoms with Crippen LogP contribution in [0.4, 0.5) is 5.69 Å². The Morgan fingerprint density at radius 2 is 2.05 bits per heavy atom. The maximum absolute atomic E-state index is 11.5. The molecule has 110 valence electrons. The van der Waals surface area contributed by atoms with Crippen molar-refractivity contribution in [3.8, 4) is 6.07 Å². The summed E-state index contributed by atoms with van der Waals surface area (Å²) in [5.74, 6) is -0.649. The number of benzene rings is 2. The Bertz CT molecular complexity index is 820. The van der Waals surface area contributed by atoms with Crippen LogP contribution in [0.5, 0.6) is 0 Å². The Hall–Kier alpha value is -3.20. The van der Waals surface area contributed by atoms with E-state index in [1.165, 1.54) is 13.0 Å². The number of nitro benzene ring substituents is 1. The summed E-state index contributed by atoms with van der Waals surface area (Å²) < 4.78 is 5.06. The van der Waals surface area contributed by atoms with Gasteiger partial charge in [-0.2, -0.15) is 5.26 Å². The van der Waals surface area contributed by atoms with Crippen LogP contribution in [0.15, 0.2) is 48.6 Å². The van der Waals surface area contributed by atoms with Crippen LogP contribution >= 0.6 is 0 Å². The first-order valence-electron chi connectivity index (χ1n) is 6.38. The number of hydrogen-bond donors (Lipinski definition) is 0. The van der Waals surface area contributed by atoms with Crippen LogP contribution in [-0.2, 0) is 9.53 Å². The van der Waals surface area contributed by atoms with E-state index in [9.17, 15) is 14.9 Å². The largest absolute Gasteiger partial charge is 0.452 e. The molecule has 1 atom stereocenters. The van der Waals surface area contributed by atoms with Crippen molar-refractivity contribution in [2.45, 2.75) is 13.0 Å². The van der Waals surface area contributed by atoms with Crippen LogP contribution in [0.25, 0.3) is 10.8 Å². The molecule has 1 unspecified atom stereocenters. The van der Waals surface area contributed by atoms with Gasteiger partial charge in [0, 0.05) is 6.92 Å². The highest BCUT2D eigenvalue weighted by atomic mass is 16.6. The Morgan fingerprint density at radius 1 is 1.36 bits per heavy atom. The lowest BCUT2D eigenvalue weighted by atomic mass is 9.97. The molecule has 0 saturated heterocycles. The zero-order valence-electron chi connectivity index (χ0n) is 11.8. The van der Waals surface area contributed by atoms with Crippen LogP contribution in [-0.4, -0.2) is 10.9 Å². The quantitative estimate of drug-likeness (QED) is 0.373. The van der Waals surface area contributed by atoms with E-state index in [0.29, 0.717) is 10.8 Å². The van der Waals surface area contributed by atoms with Crippen LogP contribution < -0.4 is 0 Å². The second-order valence-electron chi connectivity index (χ2n) is 4.61. The maximum Gasteiger partial charge on any atom is 0.303 e. The van der Waals surface area contributed by atoms with Crippen molar-refractivity contribution in [1.29, 1.82) is 5.26 Å². The van der Waals surface area contributed by atoms with Crippen LogP contribution in [0.1, 0.15) is 18.6 Å². The van der Waals surface area contributed by atoms with Gasteiger partial charge in [0.2, 0.25) is 0 Å². The highest BCUT2D eigenvalue weighted by Crippen LogP contribution is 2.37. The summed E-state index contributed by atoms with van der Waals surface area (Å²) in [6.45, 7) is 4.69. The monoisotopic (exact) mass is 296 g/mol. The molecule has 0 N–H and O–H groups in total. The molecule has 0 saturated carbocycles. The summed E-state index contributed by atoms with van der Waals surface area (Å²) >= 11 is 0. The highest BCUT2D eigenvalue weighted by Gasteiger charge is 2.29. The molecule has 2 aromatic carbocycles. The SMILES string of the molecule is C=C(C#N)C(OC(C)=O)c1ccc2ccccc2c1[N+](=O)[O-]. The highest BCUT2D eigenvalue weighted by molar-refractivity contribution is 5.92. The van der Waals surface area contributed by atoms with E-state index < -0.39 is 17.0 Å². The number of nitrogens with zero attached hydrogens (tertiary/aromatic N) is 2. The lowest BCUT2D eigenvalue weighted by Crippen LogP contribution is -2.12. The minimum Gasteiger partial charge on any atom is -0.452 e. The molecule has 0 aromatic heterocycles. The molecule has 0 amide bonds. The van der Waals surface area contributed by atoms with Crippen molar-refractivity contribution in [2.24, 2.45) is 0 Å². The third-order valence-corrected chi connectivity index (χ3v) is 3.14. The molecule has 0 radical (unpaired) electrons. The smallest absolute Gasteiger partial charge is 0.303 e. The van der Waals surface area contributed by atoms with Crippen LogP contribution in [0, 0.1) is 21.4 Å². The Labute approximate surface area is 126 Å². The lowest BCUT2D eigenvalue weighted by molar-refractivity contribution is -0.384. The second-order valence-corrected chi connectivity index (χ2v) is 4.61. The predicted molar refractivity (Wildman–Crippen MR) is 79.9 cm³/mol. The molecule has 0 aliphatic carbocycles. The Morgan fingerprint density at radius 3 is 2.64 bits per heavy atom. The number of hydrogen-bond acceptors (Lipinski definition) is 5. The molecule has 0 fully saturated rings. The molecule has 2 rings (SSSR count). The van der Waals surface area contributed by atoms with Gasteiger partial charge in [-0.3, -0.25) is 14.9 Å². The van der Waals surface area contributed by atoms with E-state index in [2.05, 4.69) is 6.58 Å². The molecule has 6 nitrogen and oxygen atoms in total. The number of fused-ring (bicyclic) bond motifs is 1. The fourth-order valence-corrected chi connectivity index (χ4v) is 2.23. The molecule has 2 aromatic rings. The molecular formula is C16H12N2O4. The first-order chi connectivity index (χ1) is 10.5. The Balaban J connectivity index is 2.74. The van der Waals surface area contributed by atoms with E-state index in [-0.39, 0.29) is 16.8 Å². The molecule has 0 spiro atoms. The van der Waals surface area contributed by atoms with Gasteiger partial charge in [-0.05, 0) is 17.5 Å². The second kappa shape index (κ2) is 6.06. The number of rotatable bonds is 4. The zero-order chi connectivity index (χ0) is 16.3. The van der Waals surface area contributed by atoms with Crippen molar-refractivity contribution in [3.05, 3.63) is 64.2 Å². The minimum absolute atomic E-state index is 0.0754. The van der Waals surface area contributed by atoms with Gasteiger partial charge in [-0.15, -0.1) is 0 Å². The normalized spacial score (nSPS) is 11.5. The van der Waals surface area contributed by atoms with Crippen LogP contribution in [0.2, 0.25) is 0 Å². The molecule has 6 heteroatoms. The van der Waals surface area contributed by atoms with Crippen molar-refractivity contribution < 1.29 is 14.5 Å². The summed E-state index contributed by atoms with van der Waals surface area (Å²) in [6.07, 6.45) is -1.17. The standard InChI is InChI=1S/C16H12N2O4/c1-10(9-17)16(22-11(2)19)14-8-7-12-5-3-4-6-13(12)15(14)18(20)21/h3-8,16H,1H2,2H3. The van der Waals surface area contributed by atoms with Crippen molar-refractivity contribution >= 4 is 22.4 Å². The average molecular weight is 296 g/mol. The van der Waals surface area contributed by atoms with Gasteiger partial charge >= 0.3 is 5.97 Å². The fraction of sp³-hybridized carbons (Fsp3) is 0.125. The van der Waals surface area contributed by atoms with Gasteiger partial charge in [0.1, 0.15) is 0 Å². The number of carbonyl (C=O) groups is 1. The number of nitriles is 1. The Kier molecular flexibility index (Phi) is 4.18. The first-order valence-corrected chi connectivity index (χ1v) is 6.38. The van der Waals surface area contributed by atoms with Gasteiger partial charge < -0.3 is 4.74 Å².